The maximum absolute atomic E-state index is 12.7. The molecule has 0 aliphatic heterocycles. The molecule has 3 rings (SSSR count). The predicted octanol–water partition coefficient (Wildman–Crippen LogP) is 4.96. The molecule has 0 aliphatic carbocycles. The lowest BCUT2D eigenvalue weighted by Gasteiger charge is -2.14. The lowest BCUT2D eigenvalue weighted by molar-refractivity contribution is -0.118. The maximum atomic E-state index is 12.7. The van der Waals surface area contributed by atoms with Crippen LogP contribution in [0.3, 0.4) is 0 Å². The molecule has 38 heavy (non-hydrogen) atoms. The van der Waals surface area contributed by atoms with Gasteiger partial charge in [0.05, 0.1) is 23.4 Å². The van der Waals surface area contributed by atoms with Gasteiger partial charge in [-0.05, 0) is 95.2 Å². The van der Waals surface area contributed by atoms with Gasteiger partial charge >= 0.3 is 5.97 Å². The highest BCUT2D eigenvalue weighted by Crippen LogP contribution is 2.34. The summed E-state index contributed by atoms with van der Waals surface area (Å²) in [6, 6.07) is 18.7. The molecule has 2 amide bonds. The van der Waals surface area contributed by atoms with E-state index in [4.69, 9.17) is 9.47 Å². The van der Waals surface area contributed by atoms with Gasteiger partial charge in [-0.15, -0.1) is 0 Å². The monoisotopic (exact) mass is 625 g/mol. The van der Waals surface area contributed by atoms with Crippen LogP contribution in [0.2, 0.25) is 0 Å². The van der Waals surface area contributed by atoms with Gasteiger partial charge in [-0.3, -0.25) is 9.59 Å². The molecule has 3 aromatic carbocycles. The summed E-state index contributed by atoms with van der Waals surface area (Å²) < 4.78 is 16.4. The Kier molecular flexibility index (Phi) is 9.84. The van der Waals surface area contributed by atoms with Gasteiger partial charge in [-0.25, -0.2) is 4.79 Å². The normalized spacial score (nSPS) is 10.7. The van der Waals surface area contributed by atoms with Crippen LogP contribution in [0, 0.1) is 21.8 Å². The second-order valence-electron chi connectivity index (χ2n) is 7.93. The van der Waals surface area contributed by atoms with Gasteiger partial charge in [0.25, 0.3) is 11.8 Å². The number of nitriles is 1. The Morgan fingerprint density at radius 1 is 1.00 bits per heavy atom. The third-order valence-corrected chi connectivity index (χ3v) is 5.94. The molecule has 10 heteroatoms. The number of anilines is 2. The number of rotatable bonds is 9. The number of nitrogens with zero attached hydrogens (tertiary/aromatic N) is 1. The number of halogens is 1. The van der Waals surface area contributed by atoms with Crippen molar-refractivity contribution in [2.24, 2.45) is 0 Å². The Hall–Kier alpha value is -4.37. The van der Waals surface area contributed by atoms with Crippen LogP contribution >= 0.6 is 22.6 Å². The number of hydrogen-bond donors (Lipinski definition) is 2. The topological polar surface area (TPSA) is 127 Å². The molecular weight excluding hydrogens is 601 g/mol. The van der Waals surface area contributed by atoms with Gasteiger partial charge in [0.2, 0.25) is 0 Å². The summed E-state index contributed by atoms with van der Waals surface area (Å²) in [7, 11) is 2.73. The van der Waals surface area contributed by atoms with Crippen molar-refractivity contribution in [3.8, 4) is 17.6 Å². The first-order valence-corrected chi connectivity index (χ1v) is 12.3. The molecule has 0 bridgehead atoms. The lowest BCUT2D eigenvalue weighted by Crippen LogP contribution is -2.20. The second-order valence-corrected chi connectivity index (χ2v) is 9.10. The van der Waals surface area contributed by atoms with Crippen LogP contribution in [-0.4, -0.2) is 38.6 Å². The Labute approximate surface area is 233 Å². The lowest BCUT2D eigenvalue weighted by atomic mass is 10.1. The highest BCUT2D eigenvalue weighted by molar-refractivity contribution is 14.1. The molecule has 0 atom stereocenters. The number of benzene rings is 3. The highest BCUT2D eigenvalue weighted by atomic mass is 127. The van der Waals surface area contributed by atoms with E-state index in [0.29, 0.717) is 37.6 Å². The highest BCUT2D eigenvalue weighted by Gasteiger charge is 2.16. The first kappa shape index (κ1) is 28.2. The number of amides is 2. The molecule has 0 fully saturated rings. The van der Waals surface area contributed by atoms with Crippen LogP contribution in [0.25, 0.3) is 6.08 Å². The number of hydrogen-bond acceptors (Lipinski definition) is 7. The van der Waals surface area contributed by atoms with Gasteiger partial charge < -0.3 is 24.8 Å². The van der Waals surface area contributed by atoms with Crippen LogP contribution < -0.4 is 20.1 Å². The first-order chi connectivity index (χ1) is 18.2. The van der Waals surface area contributed by atoms with Crippen LogP contribution in [0.1, 0.15) is 21.5 Å². The van der Waals surface area contributed by atoms with Gasteiger partial charge in [0.15, 0.2) is 18.1 Å². The zero-order valence-electron chi connectivity index (χ0n) is 20.8. The smallest absolute Gasteiger partial charge is 0.337 e. The van der Waals surface area contributed by atoms with E-state index in [9.17, 15) is 19.6 Å². The van der Waals surface area contributed by atoms with E-state index >= 15 is 0 Å². The van der Waals surface area contributed by atoms with Crippen LogP contribution in [0.4, 0.5) is 11.4 Å². The predicted molar refractivity (Wildman–Crippen MR) is 151 cm³/mol. The third-order valence-electron chi connectivity index (χ3n) is 5.14. The summed E-state index contributed by atoms with van der Waals surface area (Å²) in [5.74, 6) is -0.759. The van der Waals surface area contributed by atoms with E-state index in [-0.39, 0.29) is 18.1 Å². The average molecular weight is 625 g/mol. The van der Waals surface area contributed by atoms with Crippen molar-refractivity contribution in [3.05, 3.63) is 86.5 Å². The first-order valence-electron chi connectivity index (χ1n) is 11.2. The largest absolute Gasteiger partial charge is 0.493 e. The van der Waals surface area contributed by atoms with E-state index in [1.54, 1.807) is 18.2 Å². The Morgan fingerprint density at radius 2 is 1.74 bits per heavy atom. The number of carbonyl (C=O) groups excluding carboxylic acids is 3. The van der Waals surface area contributed by atoms with Crippen molar-refractivity contribution in [3.63, 3.8) is 0 Å². The van der Waals surface area contributed by atoms with E-state index < -0.39 is 11.9 Å². The fraction of sp³-hybridized carbons (Fsp3) is 0.143. The van der Waals surface area contributed by atoms with Gasteiger partial charge in [0.1, 0.15) is 11.6 Å². The molecule has 194 valence electrons. The zero-order chi connectivity index (χ0) is 27.7. The Bertz CT molecular complexity index is 1430. The number of methoxy groups -OCH3 is 2. The summed E-state index contributed by atoms with van der Waals surface area (Å²) in [4.78, 5) is 36.6. The molecule has 2 N–H and O–H groups in total. The van der Waals surface area contributed by atoms with E-state index in [2.05, 4.69) is 15.4 Å². The number of aryl methyl sites for hydroxylation is 1. The fourth-order valence-electron chi connectivity index (χ4n) is 3.34. The zero-order valence-corrected chi connectivity index (χ0v) is 23.0. The minimum absolute atomic E-state index is 0.147. The molecule has 0 radical (unpaired) electrons. The molecule has 0 saturated heterocycles. The Morgan fingerprint density at radius 3 is 2.37 bits per heavy atom. The summed E-state index contributed by atoms with van der Waals surface area (Å²) in [5.41, 5.74) is 2.80. The second kappa shape index (κ2) is 13.3. The molecule has 0 heterocycles. The number of carbonyl (C=O) groups is 3. The number of nitrogens with one attached hydrogen (secondary N) is 2. The standard InChI is InChI=1S/C28H24IN3O6/c1-17-5-4-6-22(11-17)31-25(33)16-38-26-23(29)13-18(14-24(26)36-2)12-20(15-30)27(34)32-21-9-7-19(8-10-21)28(35)37-3/h4-14H,16H2,1-3H3,(H,31,33)(H,32,34)/b20-12+. The average Bonchev–Trinajstić information content (AvgIpc) is 2.90. The molecule has 0 unspecified atom stereocenters. The molecule has 9 nitrogen and oxygen atoms in total. The van der Waals surface area contributed by atoms with Crippen molar-refractivity contribution >= 4 is 57.8 Å². The van der Waals surface area contributed by atoms with E-state index in [0.717, 1.165) is 5.56 Å². The van der Waals surface area contributed by atoms with Gasteiger partial charge in [0, 0.05) is 11.4 Å². The van der Waals surface area contributed by atoms with Gasteiger partial charge in [-0.1, -0.05) is 12.1 Å². The fourth-order valence-corrected chi connectivity index (χ4v) is 4.12. The SMILES string of the molecule is COC(=O)c1ccc(NC(=O)/C(C#N)=C/c2cc(I)c(OCC(=O)Nc3cccc(C)c3)c(OC)c2)cc1. The van der Waals surface area contributed by atoms with Crippen molar-refractivity contribution < 1.29 is 28.6 Å². The number of ether oxygens (including phenoxy) is 3. The minimum atomic E-state index is -0.625. The summed E-state index contributed by atoms with van der Waals surface area (Å²) >= 11 is 2.03. The van der Waals surface area contributed by atoms with Crippen LogP contribution in [0.15, 0.2) is 66.2 Å². The molecule has 0 aliphatic rings. The third kappa shape index (κ3) is 7.57. The van der Waals surface area contributed by atoms with Gasteiger partial charge in [-0.2, -0.15) is 5.26 Å². The van der Waals surface area contributed by atoms with Crippen LogP contribution in [0.5, 0.6) is 11.5 Å². The quantitative estimate of drug-likeness (QED) is 0.149. The van der Waals surface area contributed by atoms with Crippen molar-refractivity contribution in [1.29, 1.82) is 5.26 Å². The molecule has 3 aromatic rings. The summed E-state index contributed by atoms with van der Waals surface area (Å²) in [6.45, 7) is 1.69. The summed E-state index contributed by atoms with van der Waals surface area (Å²) in [5, 5.41) is 15.0. The van der Waals surface area contributed by atoms with Crippen molar-refractivity contribution in [1.82, 2.24) is 0 Å². The molecule has 0 aromatic heterocycles. The summed E-state index contributed by atoms with van der Waals surface area (Å²) in [6.07, 6.45) is 1.41. The minimum Gasteiger partial charge on any atom is -0.493 e. The molecule has 0 spiro atoms. The van der Waals surface area contributed by atoms with Crippen LogP contribution in [-0.2, 0) is 14.3 Å². The van der Waals surface area contributed by atoms with Crippen molar-refractivity contribution in [2.75, 3.05) is 31.5 Å². The van der Waals surface area contributed by atoms with E-state index in [1.165, 1.54) is 44.6 Å². The molecular formula is C28H24IN3O6. The Balaban J connectivity index is 1.72. The number of esters is 1. The molecule has 0 saturated carbocycles. The van der Waals surface area contributed by atoms with E-state index in [1.807, 2.05) is 53.8 Å². The maximum Gasteiger partial charge on any atom is 0.337 e. The van der Waals surface area contributed by atoms with Crippen molar-refractivity contribution in [2.45, 2.75) is 6.92 Å².